The number of nitrogens with zero attached hydrogens (tertiary/aromatic N) is 4. The zero-order valence-electron chi connectivity index (χ0n) is 19.5. The van der Waals surface area contributed by atoms with Crippen LogP contribution < -0.4 is 10.1 Å². The Bertz CT molecular complexity index is 1120. The van der Waals surface area contributed by atoms with Gasteiger partial charge in [-0.05, 0) is 68.1 Å². The van der Waals surface area contributed by atoms with E-state index >= 15 is 0 Å². The highest BCUT2D eigenvalue weighted by molar-refractivity contribution is 7.99. The maximum Gasteiger partial charge on any atom is 0.253 e. The van der Waals surface area contributed by atoms with E-state index in [0.717, 1.165) is 48.8 Å². The molecule has 9 heteroatoms. The maximum absolute atomic E-state index is 12.6. The fraction of sp³-hybridized carbons (Fsp3) is 0.360. The molecular weight excluding hydrogens is 450 g/mol. The average Bonchev–Trinajstić information content (AvgIpc) is 3.26. The summed E-state index contributed by atoms with van der Waals surface area (Å²) in [4.78, 5) is 27.0. The molecule has 8 nitrogen and oxygen atoms in total. The van der Waals surface area contributed by atoms with E-state index in [0.29, 0.717) is 17.3 Å². The van der Waals surface area contributed by atoms with E-state index in [9.17, 15) is 9.59 Å². The van der Waals surface area contributed by atoms with Gasteiger partial charge in [-0.25, -0.2) is 0 Å². The summed E-state index contributed by atoms with van der Waals surface area (Å²) in [7, 11) is 1.63. The fourth-order valence-electron chi connectivity index (χ4n) is 3.89. The van der Waals surface area contributed by atoms with Gasteiger partial charge >= 0.3 is 0 Å². The molecule has 0 unspecified atom stereocenters. The third kappa shape index (κ3) is 5.77. The Morgan fingerprint density at radius 2 is 1.71 bits per heavy atom. The van der Waals surface area contributed by atoms with E-state index in [-0.39, 0.29) is 17.6 Å². The lowest BCUT2D eigenvalue weighted by molar-refractivity contribution is -0.118. The third-order valence-electron chi connectivity index (χ3n) is 5.79. The molecule has 0 radical (unpaired) electrons. The number of methoxy groups -OCH3 is 1. The number of aromatic nitrogens is 3. The van der Waals surface area contributed by atoms with E-state index in [4.69, 9.17) is 4.74 Å². The first-order valence-corrected chi connectivity index (χ1v) is 12.4. The molecule has 178 valence electrons. The summed E-state index contributed by atoms with van der Waals surface area (Å²) in [5.74, 6) is 1.72. The molecule has 4 rings (SSSR count). The minimum Gasteiger partial charge on any atom is -0.497 e. The monoisotopic (exact) mass is 479 g/mol. The zero-order chi connectivity index (χ0) is 23.9. The molecule has 34 heavy (non-hydrogen) atoms. The van der Waals surface area contributed by atoms with Crippen molar-refractivity contribution in [3.05, 3.63) is 65.5 Å². The number of piperidine rings is 1. The first-order valence-electron chi connectivity index (χ1n) is 11.4. The Hall–Kier alpha value is -3.33. The standard InChI is InChI=1S/C25H29N5O3S/c1-18-27-28-25(30(18)21-10-12-22(33-2)13-11-21)34-17-23(31)26-16-19-6-8-20(9-7-19)24(32)29-14-4-3-5-15-29/h6-13H,3-5,14-17H2,1-2H3,(H,26,31). The molecule has 3 aromatic rings. The van der Waals surface area contributed by atoms with Gasteiger partial charge in [-0.15, -0.1) is 10.2 Å². The molecule has 0 saturated carbocycles. The van der Waals surface area contributed by atoms with Crippen LogP contribution in [0.2, 0.25) is 0 Å². The Labute approximate surface area is 203 Å². The highest BCUT2D eigenvalue weighted by atomic mass is 32.2. The number of aryl methyl sites for hydroxylation is 1. The van der Waals surface area contributed by atoms with Crippen LogP contribution in [0.1, 0.15) is 41.0 Å². The lowest BCUT2D eigenvalue weighted by Gasteiger charge is -2.26. The minimum atomic E-state index is -0.0968. The van der Waals surface area contributed by atoms with Crippen molar-refractivity contribution in [2.24, 2.45) is 0 Å². The summed E-state index contributed by atoms with van der Waals surface area (Å²) in [5.41, 5.74) is 2.55. The molecule has 1 aliphatic heterocycles. The van der Waals surface area contributed by atoms with Crippen molar-refractivity contribution in [1.82, 2.24) is 25.0 Å². The van der Waals surface area contributed by atoms with Crippen molar-refractivity contribution in [2.45, 2.75) is 37.9 Å². The second kappa shape index (κ2) is 11.2. The molecule has 1 aliphatic rings. The van der Waals surface area contributed by atoms with Crippen molar-refractivity contribution in [2.75, 3.05) is 26.0 Å². The topological polar surface area (TPSA) is 89.3 Å². The number of hydrogen-bond acceptors (Lipinski definition) is 6. The molecule has 1 saturated heterocycles. The Morgan fingerprint density at radius 3 is 2.38 bits per heavy atom. The summed E-state index contributed by atoms with van der Waals surface area (Å²) in [6.07, 6.45) is 3.34. The first kappa shape index (κ1) is 23.8. The van der Waals surface area contributed by atoms with Crippen molar-refractivity contribution in [3.63, 3.8) is 0 Å². The van der Waals surface area contributed by atoms with Gasteiger partial charge in [-0.2, -0.15) is 0 Å². The van der Waals surface area contributed by atoms with Gasteiger partial charge in [0.1, 0.15) is 11.6 Å². The molecule has 2 heterocycles. The van der Waals surface area contributed by atoms with Gasteiger partial charge in [0.15, 0.2) is 5.16 Å². The number of rotatable bonds is 8. The van der Waals surface area contributed by atoms with Gasteiger partial charge in [0.25, 0.3) is 5.91 Å². The largest absolute Gasteiger partial charge is 0.497 e. The van der Waals surface area contributed by atoms with Crippen molar-refractivity contribution < 1.29 is 14.3 Å². The van der Waals surface area contributed by atoms with Gasteiger partial charge in [-0.3, -0.25) is 14.2 Å². The third-order valence-corrected chi connectivity index (χ3v) is 6.72. The lowest BCUT2D eigenvalue weighted by atomic mass is 10.1. The molecule has 0 aliphatic carbocycles. The predicted molar refractivity (Wildman–Crippen MR) is 131 cm³/mol. The number of carbonyl (C=O) groups is 2. The number of benzene rings is 2. The number of likely N-dealkylation sites (tertiary alicyclic amines) is 1. The number of carbonyl (C=O) groups excluding carboxylic acids is 2. The number of ether oxygens (including phenoxy) is 1. The van der Waals surface area contributed by atoms with Crippen LogP contribution in [0.15, 0.2) is 53.7 Å². The minimum absolute atomic E-state index is 0.0861. The van der Waals surface area contributed by atoms with Crippen LogP contribution in [0.5, 0.6) is 5.75 Å². The molecule has 0 bridgehead atoms. The maximum atomic E-state index is 12.6. The Balaban J connectivity index is 1.29. The van der Waals surface area contributed by atoms with Crippen LogP contribution in [0, 0.1) is 6.92 Å². The molecule has 2 aromatic carbocycles. The van der Waals surface area contributed by atoms with Crippen LogP contribution in [0.25, 0.3) is 5.69 Å². The van der Waals surface area contributed by atoms with Crippen molar-refractivity contribution in [1.29, 1.82) is 0 Å². The molecular formula is C25H29N5O3S. The summed E-state index contributed by atoms with van der Waals surface area (Å²) >= 11 is 1.33. The molecule has 1 N–H and O–H groups in total. The number of amides is 2. The summed E-state index contributed by atoms with van der Waals surface area (Å²) in [6, 6.07) is 15.1. The van der Waals surface area contributed by atoms with Gasteiger partial charge in [-0.1, -0.05) is 23.9 Å². The van der Waals surface area contributed by atoms with Gasteiger partial charge in [0.2, 0.25) is 5.91 Å². The number of hydrogen-bond donors (Lipinski definition) is 1. The fourth-order valence-corrected chi connectivity index (χ4v) is 4.72. The van der Waals surface area contributed by atoms with E-state index in [2.05, 4.69) is 15.5 Å². The molecule has 1 fully saturated rings. The van der Waals surface area contributed by atoms with E-state index in [1.807, 2.05) is 64.9 Å². The number of thioether (sulfide) groups is 1. The van der Waals surface area contributed by atoms with Gasteiger partial charge < -0.3 is 15.0 Å². The highest BCUT2D eigenvalue weighted by Gasteiger charge is 2.18. The van der Waals surface area contributed by atoms with Crippen molar-refractivity contribution in [3.8, 4) is 11.4 Å². The SMILES string of the molecule is COc1ccc(-n2c(C)nnc2SCC(=O)NCc2ccc(C(=O)N3CCCCC3)cc2)cc1. The summed E-state index contributed by atoms with van der Waals surface area (Å²) in [5, 5.41) is 12.0. The second-order valence-electron chi connectivity index (χ2n) is 8.18. The van der Waals surface area contributed by atoms with E-state index in [1.54, 1.807) is 7.11 Å². The van der Waals surface area contributed by atoms with Crippen LogP contribution in [-0.4, -0.2) is 57.4 Å². The van der Waals surface area contributed by atoms with Crippen LogP contribution in [-0.2, 0) is 11.3 Å². The Kier molecular flexibility index (Phi) is 7.84. The molecule has 0 atom stereocenters. The summed E-state index contributed by atoms with van der Waals surface area (Å²) < 4.78 is 7.13. The normalized spacial score (nSPS) is 13.5. The second-order valence-corrected chi connectivity index (χ2v) is 9.12. The lowest BCUT2D eigenvalue weighted by Crippen LogP contribution is -2.35. The highest BCUT2D eigenvalue weighted by Crippen LogP contribution is 2.23. The van der Waals surface area contributed by atoms with Crippen LogP contribution in [0.3, 0.4) is 0 Å². The predicted octanol–water partition coefficient (Wildman–Crippen LogP) is 3.62. The van der Waals surface area contributed by atoms with Crippen LogP contribution >= 0.6 is 11.8 Å². The van der Waals surface area contributed by atoms with Gasteiger partial charge in [0.05, 0.1) is 12.9 Å². The smallest absolute Gasteiger partial charge is 0.253 e. The van der Waals surface area contributed by atoms with Crippen LogP contribution in [0.4, 0.5) is 0 Å². The van der Waals surface area contributed by atoms with Gasteiger partial charge in [0, 0.05) is 30.9 Å². The quantitative estimate of drug-likeness (QED) is 0.497. The molecule has 1 aromatic heterocycles. The number of nitrogens with one attached hydrogen (secondary N) is 1. The molecule has 2 amide bonds. The van der Waals surface area contributed by atoms with E-state index in [1.165, 1.54) is 18.2 Å². The molecule has 0 spiro atoms. The van der Waals surface area contributed by atoms with E-state index < -0.39 is 0 Å². The zero-order valence-corrected chi connectivity index (χ0v) is 20.3. The summed E-state index contributed by atoms with van der Waals surface area (Å²) in [6.45, 7) is 3.95. The first-order chi connectivity index (χ1) is 16.5. The Morgan fingerprint density at radius 1 is 1.00 bits per heavy atom. The van der Waals surface area contributed by atoms with Crippen molar-refractivity contribution >= 4 is 23.6 Å². The average molecular weight is 480 g/mol.